The van der Waals surface area contributed by atoms with Gasteiger partial charge in [0.25, 0.3) is 0 Å². The van der Waals surface area contributed by atoms with Crippen molar-refractivity contribution in [3.05, 3.63) is 60.2 Å². The molecular weight excluding hydrogens is 247 g/mol. The van der Waals surface area contributed by atoms with Crippen LogP contribution in [0.25, 0.3) is 0 Å². The van der Waals surface area contributed by atoms with Gasteiger partial charge in [0.05, 0.1) is 11.4 Å². The monoisotopic (exact) mass is 260 g/mol. The molecule has 0 radical (unpaired) electrons. The van der Waals surface area contributed by atoms with Gasteiger partial charge in [-0.2, -0.15) is 0 Å². The van der Waals surface area contributed by atoms with E-state index in [4.69, 9.17) is 9.05 Å². The van der Waals surface area contributed by atoms with Crippen LogP contribution in [0, 0.1) is 0 Å². The minimum atomic E-state index is -3.25. The molecule has 18 heavy (non-hydrogen) atoms. The summed E-state index contributed by atoms with van der Waals surface area (Å²) in [4.78, 5) is 0. The van der Waals surface area contributed by atoms with Gasteiger partial charge >= 0.3 is 7.60 Å². The Balaban J connectivity index is 2.06. The van der Waals surface area contributed by atoms with E-state index in [0.717, 1.165) is 5.56 Å². The molecular formula is C14H13O3P. The molecule has 0 saturated carbocycles. The van der Waals surface area contributed by atoms with Gasteiger partial charge in [0.1, 0.15) is 5.75 Å². The maximum atomic E-state index is 12.8. The second kappa shape index (κ2) is 4.27. The smallest absolute Gasteiger partial charge is 0.411 e. The molecule has 0 aromatic heterocycles. The highest BCUT2D eigenvalue weighted by atomic mass is 31.2. The molecule has 92 valence electrons. The van der Waals surface area contributed by atoms with E-state index in [9.17, 15) is 4.57 Å². The lowest BCUT2D eigenvalue weighted by Gasteiger charge is -2.30. The maximum absolute atomic E-state index is 12.8. The molecule has 0 bridgehead atoms. The van der Waals surface area contributed by atoms with Gasteiger partial charge in [-0.05, 0) is 25.1 Å². The summed E-state index contributed by atoms with van der Waals surface area (Å²) in [5, 5.41) is 0.589. The van der Waals surface area contributed by atoms with E-state index < -0.39 is 7.60 Å². The van der Waals surface area contributed by atoms with Gasteiger partial charge in [-0.15, -0.1) is 0 Å². The van der Waals surface area contributed by atoms with Crippen LogP contribution in [0.15, 0.2) is 54.6 Å². The first-order valence-electron chi connectivity index (χ1n) is 5.82. The molecule has 0 spiro atoms. The lowest BCUT2D eigenvalue weighted by Crippen LogP contribution is -2.18. The highest BCUT2D eigenvalue weighted by molar-refractivity contribution is 7.62. The largest absolute Gasteiger partial charge is 0.421 e. The topological polar surface area (TPSA) is 35.5 Å². The summed E-state index contributed by atoms with van der Waals surface area (Å²) in [6, 6.07) is 16.6. The standard InChI is InChI=1S/C14H13O3P/c1-11-13-9-5-6-10-14(13)17-18(15,16-11)12-7-3-2-4-8-12/h2-11H,1H3/t11-,18-/m1/s1. The van der Waals surface area contributed by atoms with Crippen molar-refractivity contribution in [2.45, 2.75) is 13.0 Å². The van der Waals surface area contributed by atoms with Gasteiger partial charge in [0, 0.05) is 5.56 Å². The molecule has 0 aliphatic carbocycles. The number of benzene rings is 2. The number of hydrogen-bond acceptors (Lipinski definition) is 3. The van der Waals surface area contributed by atoms with Crippen LogP contribution < -0.4 is 9.83 Å². The first-order valence-corrected chi connectivity index (χ1v) is 7.36. The van der Waals surface area contributed by atoms with E-state index in [1.807, 2.05) is 49.4 Å². The number of hydrogen-bond donors (Lipinski definition) is 0. The Morgan fingerprint density at radius 2 is 1.67 bits per heavy atom. The molecule has 2 aromatic carbocycles. The van der Waals surface area contributed by atoms with Crippen molar-refractivity contribution in [2.24, 2.45) is 0 Å². The second-order valence-electron chi connectivity index (χ2n) is 4.21. The maximum Gasteiger partial charge on any atom is 0.411 e. The molecule has 4 heteroatoms. The van der Waals surface area contributed by atoms with Crippen molar-refractivity contribution >= 4 is 12.9 Å². The summed E-state index contributed by atoms with van der Waals surface area (Å²) in [5.74, 6) is 0.642. The average molecular weight is 260 g/mol. The van der Waals surface area contributed by atoms with Crippen molar-refractivity contribution in [1.82, 2.24) is 0 Å². The summed E-state index contributed by atoms with van der Waals surface area (Å²) >= 11 is 0. The zero-order chi connectivity index (χ0) is 12.6. The van der Waals surface area contributed by atoms with E-state index >= 15 is 0 Å². The van der Waals surface area contributed by atoms with Gasteiger partial charge in [0.2, 0.25) is 0 Å². The van der Waals surface area contributed by atoms with E-state index in [-0.39, 0.29) is 6.10 Å². The Hall–Kier alpha value is -1.57. The third-order valence-corrected chi connectivity index (χ3v) is 4.91. The molecule has 0 fully saturated rings. The van der Waals surface area contributed by atoms with Crippen LogP contribution in [0.4, 0.5) is 0 Å². The molecule has 1 heterocycles. The van der Waals surface area contributed by atoms with E-state index in [1.165, 1.54) is 0 Å². The number of fused-ring (bicyclic) bond motifs is 1. The SMILES string of the molecule is C[C@H]1O[P@](=O)(c2ccccc2)Oc2ccccc21. The minimum absolute atomic E-state index is 0.235. The van der Waals surface area contributed by atoms with Crippen molar-refractivity contribution in [3.8, 4) is 5.75 Å². The third-order valence-electron chi connectivity index (χ3n) is 2.94. The van der Waals surface area contributed by atoms with Crippen molar-refractivity contribution in [3.63, 3.8) is 0 Å². The highest BCUT2D eigenvalue weighted by Crippen LogP contribution is 2.56. The Labute approximate surface area is 106 Å². The van der Waals surface area contributed by atoms with Gasteiger partial charge in [0.15, 0.2) is 0 Å². The lowest BCUT2D eigenvalue weighted by molar-refractivity contribution is 0.181. The van der Waals surface area contributed by atoms with Crippen molar-refractivity contribution in [2.75, 3.05) is 0 Å². The first kappa shape index (κ1) is 11.5. The summed E-state index contributed by atoms with van der Waals surface area (Å²) in [7, 11) is -3.25. The van der Waals surface area contributed by atoms with Crippen LogP contribution in [0.1, 0.15) is 18.6 Å². The molecule has 3 rings (SSSR count). The minimum Gasteiger partial charge on any atom is -0.421 e. The predicted octanol–water partition coefficient (Wildman–Crippen LogP) is 3.68. The number of rotatable bonds is 1. The van der Waals surface area contributed by atoms with Crippen LogP contribution >= 0.6 is 7.60 Å². The number of para-hydroxylation sites is 1. The summed E-state index contributed by atoms with van der Waals surface area (Å²) in [5.41, 5.74) is 0.930. The zero-order valence-electron chi connectivity index (χ0n) is 9.95. The Kier molecular flexibility index (Phi) is 2.73. The molecule has 0 amide bonds. The first-order chi connectivity index (χ1) is 8.69. The molecule has 0 N–H and O–H groups in total. The van der Waals surface area contributed by atoms with Crippen LogP contribution in [0.5, 0.6) is 5.75 Å². The van der Waals surface area contributed by atoms with Crippen LogP contribution in [-0.4, -0.2) is 0 Å². The highest BCUT2D eigenvalue weighted by Gasteiger charge is 2.37. The molecule has 0 unspecified atom stereocenters. The van der Waals surface area contributed by atoms with E-state index in [0.29, 0.717) is 11.1 Å². The molecule has 2 aromatic rings. The predicted molar refractivity (Wildman–Crippen MR) is 70.3 cm³/mol. The van der Waals surface area contributed by atoms with E-state index in [1.54, 1.807) is 12.1 Å². The fraction of sp³-hybridized carbons (Fsp3) is 0.143. The quantitative estimate of drug-likeness (QED) is 0.734. The van der Waals surface area contributed by atoms with Crippen molar-refractivity contribution < 1.29 is 13.6 Å². The van der Waals surface area contributed by atoms with Crippen LogP contribution in [-0.2, 0) is 9.09 Å². The van der Waals surface area contributed by atoms with Gasteiger partial charge in [-0.3, -0.25) is 4.52 Å². The molecule has 2 atom stereocenters. The zero-order valence-corrected chi connectivity index (χ0v) is 10.8. The van der Waals surface area contributed by atoms with Crippen LogP contribution in [0.2, 0.25) is 0 Å². The Morgan fingerprint density at radius 1 is 1.00 bits per heavy atom. The molecule has 3 nitrogen and oxygen atoms in total. The Morgan fingerprint density at radius 3 is 2.44 bits per heavy atom. The second-order valence-corrected chi connectivity index (χ2v) is 6.11. The molecule has 1 aliphatic rings. The fourth-order valence-corrected chi connectivity index (χ4v) is 3.80. The summed E-state index contributed by atoms with van der Waals surface area (Å²) < 4.78 is 24.0. The van der Waals surface area contributed by atoms with Crippen molar-refractivity contribution in [1.29, 1.82) is 0 Å². The van der Waals surface area contributed by atoms with Gasteiger partial charge < -0.3 is 4.52 Å². The molecule has 0 saturated heterocycles. The molecule has 1 aliphatic heterocycles. The van der Waals surface area contributed by atoms with Crippen LogP contribution in [0.3, 0.4) is 0 Å². The lowest BCUT2D eigenvalue weighted by atomic mass is 10.1. The third kappa shape index (κ3) is 1.86. The summed E-state index contributed by atoms with van der Waals surface area (Å²) in [6.45, 7) is 1.89. The average Bonchev–Trinajstić information content (AvgIpc) is 2.40. The fourth-order valence-electron chi connectivity index (χ4n) is 2.04. The van der Waals surface area contributed by atoms with Gasteiger partial charge in [-0.1, -0.05) is 36.4 Å². The Bertz CT molecular complexity index is 609. The normalized spacial score (nSPS) is 26.2. The van der Waals surface area contributed by atoms with Gasteiger partial charge in [-0.25, -0.2) is 4.57 Å². The summed E-state index contributed by atoms with van der Waals surface area (Å²) in [6.07, 6.45) is -0.235. The van der Waals surface area contributed by atoms with E-state index in [2.05, 4.69) is 0 Å².